The third-order valence-corrected chi connectivity index (χ3v) is 7.42. The first kappa shape index (κ1) is 22.0. The molecule has 2 amide bonds. The first-order chi connectivity index (χ1) is 16.2. The van der Waals surface area contributed by atoms with Gasteiger partial charge in [-0.05, 0) is 81.3 Å². The quantitative estimate of drug-likeness (QED) is 0.711. The van der Waals surface area contributed by atoms with Crippen molar-refractivity contribution in [2.75, 3.05) is 42.9 Å². The maximum Gasteiger partial charge on any atom is 0.251 e. The van der Waals surface area contributed by atoms with Crippen molar-refractivity contribution >= 4 is 23.2 Å². The van der Waals surface area contributed by atoms with Crippen molar-refractivity contribution in [1.29, 1.82) is 0 Å². The number of nitrogens with zero attached hydrogens (tertiary/aromatic N) is 2. The highest BCUT2D eigenvalue weighted by Crippen LogP contribution is 2.36. The summed E-state index contributed by atoms with van der Waals surface area (Å²) in [5.41, 5.74) is 3.83. The summed E-state index contributed by atoms with van der Waals surface area (Å²) in [4.78, 5) is 29.9. The Kier molecular flexibility index (Phi) is 6.63. The van der Waals surface area contributed by atoms with Gasteiger partial charge in [-0.1, -0.05) is 30.3 Å². The van der Waals surface area contributed by atoms with Crippen LogP contribution in [0.5, 0.6) is 0 Å². The number of rotatable bonds is 6. The fourth-order valence-corrected chi connectivity index (χ4v) is 5.53. The number of benzene rings is 2. The van der Waals surface area contributed by atoms with Crippen LogP contribution in [0.4, 0.5) is 11.4 Å². The van der Waals surface area contributed by atoms with Gasteiger partial charge in [-0.3, -0.25) is 9.59 Å². The van der Waals surface area contributed by atoms with Gasteiger partial charge < -0.3 is 20.4 Å². The lowest BCUT2D eigenvalue weighted by molar-refractivity contribution is -0.118. The highest BCUT2D eigenvalue weighted by Gasteiger charge is 2.34. The van der Waals surface area contributed by atoms with E-state index in [-0.39, 0.29) is 17.9 Å². The average Bonchev–Trinajstić information content (AvgIpc) is 2.85. The van der Waals surface area contributed by atoms with Crippen molar-refractivity contribution in [2.24, 2.45) is 5.92 Å². The molecule has 3 aliphatic heterocycles. The second-order valence-corrected chi connectivity index (χ2v) is 9.66. The molecule has 0 aromatic heterocycles. The van der Waals surface area contributed by atoms with Gasteiger partial charge in [-0.15, -0.1) is 0 Å². The maximum atomic E-state index is 12.7. The molecule has 2 N–H and O–H groups in total. The molecule has 6 heteroatoms. The van der Waals surface area contributed by atoms with Crippen molar-refractivity contribution in [3.63, 3.8) is 0 Å². The maximum absolute atomic E-state index is 12.7. The van der Waals surface area contributed by atoms with Crippen LogP contribution in [0.3, 0.4) is 0 Å². The Labute approximate surface area is 196 Å². The zero-order chi connectivity index (χ0) is 22.6. The highest BCUT2D eigenvalue weighted by atomic mass is 16.2. The van der Waals surface area contributed by atoms with Gasteiger partial charge in [0.2, 0.25) is 5.91 Å². The van der Waals surface area contributed by atoms with Gasteiger partial charge in [-0.2, -0.15) is 0 Å². The number of hydrogen-bond donors (Lipinski definition) is 2. The van der Waals surface area contributed by atoms with Crippen LogP contribution in [0.25, 0.3) is 0 Å². The van der Waals surface area contributed by atoms with Gasteiger partial charge in [0.15, 0.2) is 0 Å². The molecule has 0 saturated carbocycles. The average molecular weight is 447 g/mol. The van der Waals surface area contributed by atoms with Crippen LogP contribution in [0.1, 0.15) is 48.0 Å². The molecule has 2 fully saturated rings. The molecule has 1 atom stereocenters. The molecule has 0 aliphatic carbocycles. The second-order valence-electron chi connectivity index (χ2n) is 9.66. The number of piperidine rings is 2. The van der Waals surface area contributed by atoms with Crippen LogP contribution in [0.2, 0.25) is 0 Å². The minimum absolute atomic E-state index is 0.0513. The van der Waals surface area contributed by atoms with Gasteiger partial charge in [-0.25, -0.2) is 0 Å². The third-order valence-electron chi connectivity index (χ3n) is 7.42. The van der Waals surface area contributed by atoms with E-state index < -0.39 is 0 Å². The van der Waals surface area contributed by atoms with E-state index >= 15 is 0 Å². The summed E-state index contributed by atoms with van der Waals surface area (Å²) < 4.78 is 0. The smallest absolute Gasteiger partial charge is 0.251 e. The SMILES string of the molecule is O=C(NCCN1CCC(Cc2ccccc2)CC1)c1ccc2c(c1)NC(=O)[C@@H]1CCCCN21. The van der Waals surface area contributed by atoms with Crippen LogP contribution in [0, 0.1) is 5.92 Å². The molecule has 33 heavy (non-hydrogen) atoms. The summed E-state index contributed by atoms with van der Waals surface area (Å²) in [6.07, 6.45) is 6.69. The fraction of sp³-hybridized carbons (Fsp3) is 0.481. The van der Waals surface area contributed by atoms with Crippen LogP contribution >= 0.6 is 0 Å². The van der Waals surface area contributed by atoms with Crippen molar-refractivity contribution in [2.45, 2.75) is 44.6 Å². The van der Waals surface area contributed by atoms with Crippen molar-refractivity contribution in [3.8, 4) is 0 Å². The minimum Gasteiger partial charge on any atom is -0.358 e. The molecule has 2 saturated heterocycles. The Balaban J connectivity index is 1.09. The molecule has 6 nitrogen and oxygen atoms in total. The number of carbonyl (C=O) groups excluding carboxylic acids is 2. The Bertz CT molecular complexity index is 985. The van der Waals surface area contributed by atoms with Gasteiger partial charge in [0, 0.05) is 25.2 Å². The normalized spacial score (nSPS) is 21.2. The van der Waals surface area contributed by atoms with Crippen LogP contribution in [-0.2, 0) is 11.2 Å². The molecular weight excluding hydrogens is 412 g/mol. The number of amides is 2. The fourth-order valence-electron chi connectivity index (χ4n) is 5.53. The number of nitrogens with one attached hydrogen (secondary N) is 2. The number of hydrogen-bond acceptors (Lipinski definition) is 4. The van der Waals surface area contributed by atoms with Gasteiger partial charge >= 0.3 is 0 Å². The standard InChI is InChI=1S/C27H34N4O2/c32-26(22-9-10-24-23(19-22)29-27(33)25-8-4-5-14-31(24)25)28-13-17-30-15-11-21(12-16-30)18-20-6-2-1-3-7-20/h1-3,6-7,9-10,19,21,25H,4-5,8,11-18H2,(H,28,32)(H,29,33)/t25-/m0/s1. The predicted molar refractivity (Wildman–Crippen MR) is 132 cm³/mol. The molecule has 3 heterocycles. The molecular formula is C27H34N4O2. The molecule has 3 aliphatic rings. The summed E-state index contributed by atoms with van der Waals surface area (Å²) >= 11 is 0. The molecule has 174 valence electrons. The minimum atomic E-state index is -0.0771. The van der Waals surface area contributed by atoms with Gasteiger partial charge in [0.1, 0.15) is 6.04 Å². The monoisotopic (exact) mass is 446 g/mol. The lowest BCUT2D eigenvalue weighted by atomic mass is 9.90. The zero-order valence-electron chi connectivity index (χ0n) is 19.3. The number of anilines is 2. The predicted octanol–water partition coefficient (Wildman–Crippen LogP) is 3.68. The molecule has 0 bridgehead atoms. The molecule has 2 aromatic carbocycles. The molecule has 5 rings (SSSR count). The molecule has 2 aromatic rings. The first-order valence-corrected chi connectivity index (χ1v) is 12.4. The van der Waals surface area contributed by atoms with Crippen molar-refractivity contribution in [3.05, 3.63) is 59.7 Å². The molecule has 0 radical (unpaired) electrons. The van der Waals surface area contributed by atoms with Crippen LogP contribution in [-0.4, -0.2) is 55.5 Å². The molecule has 0 spiro atoms. The highest BCUT2D eigenvalue weighted by molar-refractivity contribution is 6.05. The Morgan fingerprint density at radius 2 is 1.82 bits per heavy atom. The van der Waals surface area contributed by atoms with E-state index in [2.05, 4.69) is 50.8 Å². The number of carbonyl (C=O) groups is 2. The summed E-state index contributed by atoms with van der Waals surface area (Å²) in [5.74, 6) is 0.727. The van der Waals surface area contributed by atoms with Crippen molar-refractivity contribution in [1.82, 2.24) is 10.2 Å². The number of fused-ring (bicyclic) bond motifs is 3. The Hall–Kier alpha value is -2.86. The topological polar surface area (TPSA) is 64.7 Å². The van der Waals surface area contributed by atoms with Gasteiger partial charge in [0.05, 0.1) is 11.4 Å². The summed E-state index contributed by atoms with van der Waals surface area (Å²) in [5, 5.41) is 6.08. The lowest BCUT2D eigenvalue weighted by Gasteiger charge is -2.41. The second kappa shape index (κ2) is 9.96. The van der Waals surface area contributed by atoms with E-state index in [0.29, 0.717) is 12.1 Å². The first-order valence-electron chi connectivity index (χ1n) is 12.4. The lowest BCUT2D eigenvalue weighted by Crippen LogP contribution is -2.50. The van der Waals surface area contributed by atoms with Crippen LogP contribution in [0.15, 0.2) is 48.5 Å². The van der Waals surface area contributed by atoms with Crippen LogP contribution < -0.4 is 15.5 Å². The van der Waals surface area contributed by atoms with E-state index in [1.54, 1.807) is 0 Å². The largest absolute Gasteiger partial charge is 0.358 e. The summed E-state index contributed by atoms with van der Waals surface area (Å²) in [7, 11) is 0. The van der Waals surface area contributed by atoms with E-state index in [1.165, 1.54) is 24.8 Å². The van der Waals surface area contributed by atoms with E-state index in [1.807, 2.05) is 18.2 Å². The van der Waals surface area contributed by atoms with E-state index in [0.717, 1.165) is 62.7 Å². The van der Waals surface area contributed by atoms with Gasteiger partial charge in [0.25, 0.3) is 5.91 Å². The summed E-state index contributed by atoms with van der Waals surface area (Å²) in [6, 6.07) is 16.4. The Morgan fingerprint density at radius 3 is 2.64 bits per heavy atom. The zero-order valence-corrected chi connectivity index (χ0v) is 19.3. The van der Waals surface area contributed by atoms with E-state index in [4.69, 9.17) is 0 Å². The van der Waals surface area contributed by atoms with Crippen molar-refractivity contribution < 1.29 is 9.59 Å². The number of likely N-dealkylation sites (tertiary alicyclic amines) is 1. The molecule has 0 unspecified atom stereocenters. The van der Waals surface area contributed by atoms with E-state index in [9.17, 15) is 9.59 Å². The Morgan fingerprint density at radius 1 is 1.00 bits per heavy atom. The third kappa shape index (κ3) is 5.06. The summed E-state index contributed by atoms with van der Waals surface area (Å²) in [6.45, 7) is 4.60.